The minimum atomic E-state index is -0.182. The molecule has 1 aliphatic heterocycles. The summed E-state index contributed by atoms with van der Waals surface area (Å²) in [6, 6.07) is 1.82. The minimum absolute atomic E-state index is 0.182. The number of aromatic nitrogens is 3. The van der Waals surface area contributed by atoms with Gasteiger partial charge in [-0.2, -0.15) is 15.3 Å². The number of aromatic amines is 1. The summed E-state index contributed by atoms with van der Waals surface area (Å²) in [5.74, 6) is 0.414. The number of hydrogen-bond acceptors (Lipinski definition) is 5. The summed E-state index contributed by atoms with van der Waals surface area (Å²) >= 11 is 0. The van der Waals surface area contributed by atoms with Crippen LogP contribution in [-0.4, -0.2) is 51.3 Å². The van der Waals surface area contributed by atoms with Crippen LogP contribution in [0.15, 0.2) is 29.1 Å². The largest absolute Gasteiger partial charge is 0.359 e. The molecule has 0 saturated heterocycles. The maximum Gasteiger partial charge on any atom is 0.273 e. The van der Waals surface area contributed by atoms with Gasteiger partial charge in [-0.1, -0.05) is 13.8 Å². The molecule has 0 bridgehead atoms. The molecule has 7 heteroatoms. The van der Waals surface area contributed by atoms with Gasteiger partial charge in [-0.15, -0.1) is 0 Å². The van der Waals surface area contributed by atoms with Crippen molar-refractivity contribution >= 4 is 17.7 Å². The van der Waals surface area contributed by atoms with Gasteiger partial charge in [0.15, 0.2) is 0 Å². The highest BCUT2D eigenvalue weighted by Crippen LogP contribution is 2.45. The summed E-state index contributed by atoms with van der Waals surface area (Å²) in [7, 11) is 0. The molecule has 2 aromatic rings. The van der Waals surface area contributed by atoms with Gasteiger partial charge in [0, 0.05) is 17.0 Å². The van der Waals surface area contributed by atoms with Crippen LogP contribution in [0.4, 0.5) is 0 Å². The second kappa shape index (κ2) is 8.92. The zero-order chi connectivity index (χ0) is 21.1. The summed E-state index contributed by atoms with van der Waals surface area (Å²) in [6.45, 7) is 9.89. The first-order chi connectivity index (χ1) is 14.6. The van der Waals surface area contributed by atoms with E-state index in [4.69, 9.17) is 0 Å². The van der Waals surface area contributed by atoms with Crippen molar-refractivity contribution in [1.29, 1.82) is 0 Å². The van der Waals surface area contributed by atoms with Crippen molar-refractivity contribution in [2.75, 3.05) is 19.6 Å². The first kappa shape index (κ1) is 20.5. The predicted molar refractivity (Wildman–Crippen MR) is 118 cm³/mol. The Kier molecular flexibility index (Phi) is 6.08. The predicted octanol–water partition coefficient (Wildman–Crippen LogP) is 3.18. The first-order valence-electron chi connectivity index (χ1n) is 10.9. The van der Waals surface area contributed by atoms with E-state index in [2.05, 4.69) is 51.4 Å². The maximum absolute atomic E-state index is 12.5. The van der Waals surface area contributed by atoms with Crippen LogP contribution in [0.2, 0.25) is 0 Å². The van der Waals surface area contributed by atoms with E-state index >= 15 is 0 Å². The molecule has 0 spiro atoms. The summed E-state index contributed by atoms with van der Waals surface area (Å²) in [4.78, 5) is 18.6. The molecule has 0 aromatic carbocycles. The van der Waals surface area contributed by atoms with Crippen molar-refractivity contribution in [3.05, 3.63) is 52.1 Å². The van der Waals surface area contributed by atoms with E-state index in [-0.39, 0.29) is 5.91 Å². The molecule has 1 aliphatic carbocycles. The van der Waals surface area contributed by atoms with Crippen molar-refractivity contribution in [1.82, 2.24) is 25.5 Å². The fourth-order valence-electron chi connectivity index (χ4n) is 4.27. The molecular formula is C23H30N6O. The van der Waals surface area contributed by atoms with Gasteiger partial charge in [-0.05, 0) is 81.4 Å². The van der Waals surface area contributed by atoms with E-state index in [0.717, 1.165) is 43.7 Å². The second-order valence-corrected chi connectivity index (χ2v) is 8.05. The van der Waals surface area contributed by atoms with Gasteiger partial charge in [-0.25, -0.2) is 5.43 Å². The van der Waals surface area contributed by atoms with Crippen molar-refractivity contribution in [2.45, 2.75) is 52.4 Å². The highest BCUT2D eigenvalue weighted by molar-refractivity contribution is 6.33. The van der Waals surface area contributed by atoms with Crippen molar-refractivity contribution in [3.8, 4) is 0 Å². The van der Waals surface area contributed by atoms with Crippen molar-refractivity contribution in [3.63, 3.8) is 0 Å². The first-order valence-corrected chi connectivity index (χ1v) is 10.9. The Balaban J connectivity index is 1.63. The highest BCUT2D eigenvalue weighted by atomic mass is 16.2. The molecule has 2 N–H and O–H groups in total. The monoisotopic (exact) mass is 406 g/mol. The standard InChI is InChI=1S/C23H30N6O/c1-4-29(5-2)12-6-7-18-15(3)26-20(21(18)16-8-9-16)13-19-22(27-28-23(19)30)17-10-11-24-25-14-17/h10-11,13-14,16,26H,4-9,12H2,1-3H3,(H,28,30). The fourth-order valence-corrected chi connectivity index (χ4v) is 4.27. The van der Waals surface area contributed by atoms with Crippen LogP contribution >= 0.6 is 0 Å². The van der Waals surface area contributed by atoms with Crippen LogP contribution in [0, 0.1) is 6.92 Å². The van der Waals surface area contributed by atoms with E-state index in [0.29, 0.717) is 17.2 Å². The summed E-state index contributed by atoms with van der Waals surface area (Å²) in [5.41, 5.74) is 9.66. The van der Waals surface area contributed by atoms with E-state index < -0.39 is 0 Å². The zero-order valence-electron chi connectivity index (χ0n) is 18.0. The SMILES string of the molecule is CCN(CC)CCCc1c(C)[nH]c(C=C2C(=O)NN=C2c2ccnnc2)c1C1CC1. The Hall–Kier alpha value is -2.80. The van der Waals surface area contributed by atoms with Crippen molar-refractivity contribution < 1.29 is 4.79 Å². The van der Waals surface area contributed by atoms with Crippen LogP contribution < -0.4 is 5.43 Å². The van der Waals surface area contributed by atoms with E-state index in [9.17, 15) is 4.79 Å². The molecule has 0 unspecified atom stereocenters. The topological polar surface area (TPSA) is 86.3 Å². The third kappa shape index (κ3) is 4.21. The quantitative estimate of drug-likeness (QED) is 0.626. The smallest absolute Gasteiger partial charge is 0.273 e. The van der Waals surface area contributed by atoms with Gasteiger partial charge in [0.25, 0.3) is 5.91 Å². The van der Waals surface area contributed by atoms with Gasteiger partial charge < -0.3 is 9.88 Å². The molecule has 1 saturated carbocycles. The number of nitrogens with zero attached hydrogens (tertiary/aromatic N) is 4. The second-order valence-electron chi connectivity index (χ2n) is 8.05. The van der Waals surface area contributed by atoms with Gasteiger partial charge in [0.05, 0.1) is 18.0 Å². The number of carbonyl (C=O) groups excluding carboxylic acids is 1. The van der Waals surface area contributed by atoms with Gasteiger partial charge in [0.2, 0.25) is 0 Å². The lowest BCUT2D eigenvalue weighted by Gasteiger charge is -2.17. The van der Waals surface area contributed by atoms with E-state index in [1.165, 1.54) is 29.7 Å². The van der Waals surface area contributed by atoms with Crippen LogP contribution in [0.1, 0.15) is 67.1 Å². The van der Waals surface area contributed by atoms with Crippen LogP contribution in [0.5, 0.6) is 0 Å². The molecule has 0 atom stereocenters. The summed E-state index contributed by atoms with van der Waals surface area (Å²) in [5, 5.41) is 12.0. The van der Waals surface area contributed by atoms with E-state index in [1.807, 2.05) is 12.1 Å². The third-order valence-electron chi connectivity index (χ3n) is 6.09. The molecule has 30 heavy (non-hydrogen) atoms. The van der Waals surface area contributed by atoms with Gasteiger partial charge in [-0.3, -0.25) is 4.79 Å². The Labute approximate surface area is 177 Å². The Bertz CT molecular complexity index is 967. The molecular weight excluding hydrogens is 376 g/mol. The number of hydrazone groups is 1. The third-order valence-corrected chi connectivity index (χ3v) is 6.09. The zero-order valence-corrected chi connectivity index (χ0v) is 18.0. The molecule has 4 rings (SSSR count). The summed E-state index contributed by atoms with van der Waals surface area (Å²) < 4.78 is 0. The molecule has 1 fully saturated rings. The lowest BCUT2D eigenvalue weighted by Crippen LogP contribution is -2.24. The average molecular weight is 407 g/mol. The normalized spacial score (nSPS) is 17.7. The number of amides is 1. The minimum Gasteiger partial charge on any atom is -0.359 e. The number of carbonyl (C=O) groups is 1. The number of aryl methyl sites for hydroxylation is 1. The molecule has 0 radical (unpaired) electrons. The molecule has 2 aromatic heterocycles. The Morgan fingerprint density at radius 3 is 2.70 bits per heavy atom. The lowest BCUT2D eigenvalue weighted by atomic mass is 9.97. The average Bonchev–Trinajstić information content (AvgIpc) is 3.47. The highest BCUT2D eigenvalue weighted by Gasteiger charge is 2.32. The van der Waals surface area contributed by atoms with Gasteiger partial charge in [0.1, 0.15) is 5.71 Å². The van der Waals surface area contributed by atoms with E-state index in [1.54, 1.807) is 12.4 Å². The van der Waals surface area contributed by atoms with Crippen LogP contribution in [-0.2, 0) is 11.2 Å². The van der Waals surface area contributed by atoms with Crippen LogP contribution in [0.3, 0.4) is 0 Å². The van der Waals surface area contributed by atoms with Crippen LogP contribution in [0.25, 0.3) is 6.08 Å². The lowest BCUT2D eigenvalue weighted by molar-refractivity contribution is -0.116. The molecule has 2 aliphatic rings. The maximum atomic E-state index is 12.5. The number of nitrogens with one attached hydrogen (secondary N) is 2. The molecule has 7 nitrogen and oxygen atoms in total. The fraction of sp³-hybridized carbons (Fsp3) is 0.478. The Morgan fingerprint density at radius 1 is 1.23 bits per heavy atom. The summed E-state index contributed by atoms with van der Waals surface area (Å²) in [6.07, 6.45) is 9.86. The number of H-pyrrole nitrogens is 1. The van der Waals surface area contributed by atoms with Gasteiger partial charge >= 0.3 is 0 Å². The molecule has 1 amide bonds. The number of hydrogen-bond donors (Lipinski definition) is 2. The Morgan fingerprint density at radius 2 is 2.03 bits per heavy atom. The molecule has 3 heterocycles. The number of rotatable bonds is 9. The van der Waals surface area contributed by atoms with Crippen molar-refractivity contribution in [2.24, 2.45) is 5.10 Å². The molecule has 158 valence electrons.